The van der Waals surface area contributed by atoms with Crippen molar-refractivity contribution in [2.75, 3.05) is 13.1 Å². The van der Waals surface area contributed by atoms with Gasteiger partial charge in [-0.15, -0.1) is 0 Å². The van der Waals surface area contributed by atoms with E-state index in [1.165, 1.54) is 6.07 Å². The number of carbonyl (C=O) groups excluding carboxylic acids is 1. The van der Waals surface area contributed by atoms with Crippen LogP contribution in [0.15, 0.2) is 47.5 Å². The first-order chi connectivity index (χ1) is 10.2. The second-order valence-corrected chi connectivity index (χ2v) is 4.89. The molecule has 108 valence electrons. The molecule has 2 aromatic rings. The van der Waals surface area contributed by atoms with E-state index in [0.29, 0.717) is 18.8 Å². The summed E-state index contributed by atoms with van der Waals surface area (Å²) in [6.45, 7) is 1.13. The van der Waals surface area contributed by atoms with Crippen molar-refractivity contribution in [3.63, 3.8) is 0 Å². The van der Waals surface area contributed by atoms with Gasteiger partial charge in [-0.1, -0.05) is 6.07 Å². The van der Waals surface area contributed by atoms with E-state index >= 15 is 0 Å². The molecule has 1 atom stereocenters. The average molecular weight is 285 g/mol. The number of aromatic amines is 1. The fourth-order valence-corrected chi connectivity index (χ4v) is 2.36. The Morgan fingerprint density at radius 3 is 2.86 bits per heavy atom. The van der Waals surface area contributed by atoms with Crippen LogP contribution in [0.5, 0.6) is 5.75 Å². The number of nitrogens with one attached hydrogen (secondary N) is 1. The zero-order valence-electron chi connectivity index (χ0n) is 11.4. The van der Waals surface area contributed by atoms with Crippen molar-refractivity contribution in [3.8, 4) is 5.75 Å². The molecule has 0 radical (unpaired) electrons. The monoisotopic (exact) mass is 285 g/mol. The van der Waals surface area contributed by atoms with Crippen LogP contribution in [0.3, 0.4) is 0 Å². The maximum atomic E-state index is 12.3. The van der Waals surface area contributed by atoms with Gasteiger partial charge in [-0.3, -0.25) is 14.6 Å². The van der Waals surface area contributed by atoms with Gasteiger partial charge in [0.2, 0.25) is 5.56 Å². The van der Waals surface area contributed by atoms with E-state index in [9.17, 15) is 9.59 Å². The highest BCUT2D eigenvalue weighted by molar-refractivity contribution is 5.92. The van der Waals surface area contributed by atoms with Gasteiger partial charge in [0.1, 0.15) is 17.5 Å². The van der Waals surface area contributed by atoms with Gasteiger partial charge in [0.25, 0.3) is 5.91 Å². The van der Waals surface area contributed by atoms with Crippen molar-refractivity contribution in [3.05, 3.63) is 58.8 Å². The largest absolute Gasteiger partial charge is 0.488 e. The van der Waals surface area contributed by atoms with Crippen LogP contribution in [0.25, 0.3) is 0 Å². The summed E-state index contributed by atoms with van der Waals surface area (Å²) in [5.41, 5.74) is 0.0386. The zero-order valence-corrected chi connectivity index (χ0v) is 11.4. The van der Waals surface area contributed by atoms with Crippen molar-refractivity contribution >= 4 is 5.91 Å². The molecule has 6 heteroatoms. The Balaban J connectivity index is 1.64. The molecule has 1 aliphatic heterocycles. The highest BCUT2D eigenvalue weighted by atomic mass is 16.5. The number of H-pyrrole nitrogens is 1. The average Bonchev–Trinajstić information content (AvgIpc) is 2.96. The van der Waals surface area contributed by atoms with Crippen LogP contribution in [-0.4, -0.2) is 40.0 Å². The molecular formula is C15H15N3O3. The van der Waals surface area contributed by atoms with Crippen molar-refractivity contribution in [2.24, 2.45) is 0 Å². The Bertz CT molecular complexity index is 684. The van der Waals surface area contributed by atoms with E-state index in [2.05, 4.69) is 9.97 Å². The zero-order chi connectivity index (χ0) is 14.7. The van der Waals surface area contributed by atoms with Crippen LogP contribution >= 0.6 is 0 Å². The number of nitrogens with zero attached hydrogens (tertiary/aromatic N) is 2. The summed E-state index contributed by atoms with van der Waals surface area (Å²) < 4.78 is 5.81. The Labute approximate surface area is 121 Å². The first-order valence-electron chi connectivity index (χ1n) is 6.78. The van der Waals surface area contributed by atoms with Gasteiger partial charge >= 0.3 is 0 Å². The second kappa shape index (κ2) is 5.78. The highest BCUT2D eigenvalue weighted by Crippen LogP contribution is 2.18. The van der Waals surface area contributed by atoms with Crippen molar-refractivity contribution in [1.29, 1.82) is 0 Å². The number of pyridine rings is 2. The highest BCUT2D eigenvalue weighted by Gasteiger charge is 2.28. The molecule has 6 nitrogen and oxygen atoms in total. The van der Waals surface area contributed by atoms with Crippen molar-refractivity contribution in [1.82, 2.24) is 14.9 Å². The molecule has 0 spiro atoms. The minimum Gasteiger partial charge on any atom is -0.488 e. The summed E-state index contributed by atoms with van der Waals surface area (Å²) in [7, 11) is 0. The van der Waals surface area contributed by atoms with Crippen LogP contribution in [-0.2, 0) is 0 Å². The third-order valence-corrected chi connectivity index (χ3v) is 3.38. The normalized spacial score (nSPS) is 17.7. The Hall–Kier alpha value is -2.63. The molecule has 0 aromatic carbocycles. The van der Waals surface area contributed by atoms with Gasteiger partial charge < -0.3 is 14.6 Å². The Morgan fingerprint density at radius 1 is 1.29 bits per heavy atom. The maximum absolute atomic E-state index is 12.3. The molecule has 1 fully saturated rings. The van der Waals surface area contributed by atoms with Crippen molar-refractivity contribution < 1.29 is 9.53 Å². The number of likely N-dealkylation sites (tertiary alicyclic amines) is 1. The number of rotatable bonds is 3. The first-order valence-corrected chi connectivity index (χ1v) is 6.78. The molecule has 0 aliphatic carbocycles. The van der Waals surface area contributed by atoms with Crippen LogP contribution in [0.4, 0.5) is 0 Å². The molecule has 0 bridgehead atoms. The molecule has 1 amide bonds. The molecule has 0 unspecified atom stereocenters. The number of amides is 1. The molecule has 21 heavy (non-hydrogen) atoms. The van der Waals surface area contributed by atoms with Crippen LogP contribution in [0.1, 0.15) is 16.9 Å². The molecule has 1 saturated heterocycles. The number of hydrogen-bond acceptors (Lipinski definition) is 4. The lowest BCUT2D eigenvalue weighted by atomic mass is 10.3. The predicted octanol–water partition coefficient (Wildman–Crippen LogP) is 1.06. The SMILES string of the molecule is O=C(c1cccc(=O)[nH]1)N1CC[C@@H](Oc2ccncc2)C1. The van der Waals surface area contributed by atoms with E-state index in [4.69, 9.17) is 4.74 Å². The third-order valence-electron chi connectivity index (χ3n) is 3.38. The predicted molar refractivity (Wildman–Crippen MR) is 76.2 cm³/mol. The van der Waals surface area contributed by atoms with E-state index in [1.54, 1.807) is 41.6 Å². The third kappa shape index (κ3) is 3.10. The number of aromatic nitrogens is 2. The molecular weight excluding hydrogens is 270 g/mol. The lowest BCUT2D eigenvalue weighted by molar-refractivity contribution is 0.0766. The van der Waals surface area contributed by atoms with Gasteiger partial charge in [0, 0.05) is 31.4 Å². The van der Waals surface area contributed by atoms with Crippen LogP contribution in [0.2, 0.25) is 0 Å². The van der Waals surface area contributed by atoms with E-state index in [1.807, 2.05) is 0 Å². The summed E-state index contributed by atoms with van der Waals surface area (Å²) >= 11 is 0. The minimum atomic E-state index is -0.273. The summed E-state index contributed by atoms with van der Waals surface area (Å²) in [5, 5.41) is 0. The summed E-state index contributed by atoms with van der Waals surface area (Å²) in [6, 6.07) is 8.16. The molecule has 1 aliphatic rings. The molecule has 3 rings (SSSR count). The van der Waals surface area contributed by atoms with E-state index in [0.717, 1.165) is 12.2 Å². The first kappa shape index (κ1) is 13.4. The van der Waals surface area contributed by atoms with E-state index < -0.39 is 0 Å². The van der Waals surface area contributed by atoms with Gasteiger partial charge in [0.05, 0.1) is 6.54 Å². The van der Waals surface area contributed by atoms with Gasteiger partial charge in [-0.25, -0.2) is 0 Å². The maximum Gasteiger partial charge on any atom is 0.270 e. The lowest BCUT2D eigenvalue weighted by Gasteiger charge is -2.17. The standard InChI is InChI=1S/C15H15N3O3/c19-14-3-1-2-13(17-14)15(20)18-9-6-12(10-18)21-11-4-7-16-8-5-11/h1-5,7-8,12H,6,9-10H2,(H,17,19)/t12-/m1/s1. The smallest absolute Gasteiger partial charge is 0.270 e. The van der Waals surface area contributed by atoms with Gasteiger partial charge in [0.15, 0.2) is 0 Å². The quantitative estimate of drug-likeness (QED) is 0.915. The summed E-state index contributed by atoms with van der Waals surface area (Å²) in [5.74, 6) is 0.575. The van der Waals surface area contributed by atoms with Crippen molar-refractivity contribution in [2.45, 2.75) is 12.5 Å². The number of hydrogen-bond donors (Lipinski definition) is 1. The van der Waals surface area contributed by atoms with Gasteiger partial charge in [-0.2, -0.15) is 0 Å². The summed E-state index contributed by atoms with van der Waals surface area (Å²) in [6.07, 6.45) is 4.07. The van der Waals surface area contributed by atoms with Crippen LogP contribution in [0, 0.1) is 0 Å². The number of ether oxygens (including phenoxy) is 1. The Kier molecular flexibility index (Phi) is 3.68. The fourth-order valence-electron chi connectivity index (χ4n) is 2.36. The van der Waals surface area contributed by atoms with Gasteiger partial charge in [-0.05, 0) is 18.2 Å². The van der Waals surface area contributed by atoms with E-state index in [-0.39, 0.29) is 17.6 Å². The minimum absolute atomic E-state index is 0.0354. The van der Waals surface area contributed by atoms with Crippen LogP contribution < -0.4 is 10.3 Å². The molecule has 3 heterocycles. The number of carbonyl (C=O) groups is 1. The topological polar surface area (TPSA) is 75.3 Å². The summed E-state index contributed by atoms with van der Waals surface area (Å²) in [4.78, 5) is 31.7. The molecule has 0 saturated carbocycles. The Morgan fingerprint density at radius 2 is 2.10 bits per heavy atom. The molecule has 2 aromatic heterocycles. The molecule has 1 N–H and O–H groups in total. The second-order valence-electron chi connectivity index (χ2n) is 4.89. The lowest BCUT2D eigenvalue weighted by Crippen LogP contribution is -2.32. The fraction of sp³-hybridized carbons (Fsp3) is 0.267.